The molecule has 0 amide bonds. The summed E-state index contributed by atoms with van der Waals surface area (Å²) >= 11 is 1.61. The number of carbonyl (C=O) groups is 1. The Balaban J connectivity index is 2.15. The molecule has 1 heterocycles. The number of hydrogen-bond acceptors (Lipinski definition) is 3. The molecule has 0 atom stereocenters. The SMILES string of the molecule is CCCCCCC(=N)CC(=O)Cc1ccsc1. The number of nitrogens with one attached hydrogen (secondary N) is 1. The van der Waals surface area contributed by atoms with Gasteiger partial charge in [0, 0.05) is 18.6 Å². The third-order valence-electron chi connectivity index (χ3n) is 2.72. The topological polar surface area (TPSA) is 40.9 Å². The Hall–Kier alpha value is -0.960. The van der Waals surface area contributed by atoms with E-state index in [1.807, 2.05) is 16.8 Å². The molecule has 0 fully saturated rings. The van der Waals surface area contributed by atoms with Crippen LogP contribution >= 0.6 is 11.3 Å². The summed E-state index contributed by atoms with van der Waals surface area (Å²) in [7, 11) is 0. The van der Waals surface area contributed by atoms with Crippen LogP contribution in [0.5, 0.6) is 0 Å². The third kappa shape index (κ3) is 6.37. The highest BCUT2D eigenvalue weighted by Crippen LogP contribution is 2.10. The molecule has 0 bridgehead atoms. The van der Waals surface area contributed by atoms with E-state index >= 15 is 0 Å². The average molecular weight is 251 g/mol. The Labute approximate surface area is 108 Å². The lowest BCUT2D eigenvalue weighted by Crippen LogP contribution is -2.09. The van der Waals surface area contributed by atoms with Gasteiger partial charge >= 0.3 is 0 Å². The highest BCUT2D eigenvalue weighted by Gasteiger charge is 2.07. The Kier molecular flexibility index (Phi) is 6.78. The second-order valence-corrected chi connectivity index (χ2v) is 5.22. The Morgan fingerprint density at radius 2 is 2.18 bits per heavy atom. The highest BCUT2D eigenvalue weighted by atomic mass is 32.1. The van der Waals surface area contributed by atoms with E-state index in [-0.39, 0.29) is 5.78 Å². The molecule has 1 N–H and O–H groups in total. The van der Waals surface area contributed by atoms with E-state index in [2.05, 4.69) is 6.92 Å². The number of hydrogen-bond donors (Lipinski definition) is 1. The molecular formula is C14H21NOS. The van der Waals surface area contributed by atoms with Crippen molar-refractivity contribution in [3.05, 3.63) is 22.4 Å². The molecule has 1 aromatic heterocycles. The zero-order chi connectivity index (χ0) is 12.5. The first kappa shape index (κ1) is 14.1. The van der Waals surface area contributed by atoms with Crippen LogP contribution in [0.3, 0.4) is 0 Å². The van der Waals surface area contributed by atoms with Gasteiger partial charge in [-0.2, -0.15) is 11.3 Å². The number of rotatable bonds is 9. The first-order valence-electron chi connectivity index (χ1n) is 6.31. The molecule has 0 aliphatic heterocycles. The quantitative estimate of drug-likeness (QED) is 0.517. The monoisotopic (exact) mass is 251 g/mol. The van der Waals surface area contributed by atoms with Gasteiger partial charge in [0.05, 0.1) is 0 Å². The van der Waals surface area contributed by atoms with Crippen molar-refractivity contribution >= 4 is 22.8 Å². The van der Waals surface area contributed by atoms with Gasteiger partial charge in [0.2, 0.25) is 0 Å². The van der Waals surface area contributed by atoms with E-state index in [1.165, 1.54) is 19.3 Å². The molecule has 0 aromatic carbocycles. The zero-order valence-electron chi connectivity index (χ0n) is 10.5. The molecular weight excluding hydrogens is 230 g/mol. The maximum absolute atomic E-state index is 11.7. The molecule has 0 radical (unpaired) electrons. The summed E-state index contributed by atoms with van der Waals surface area (Å²) in [4.78, 5) is 11.7. The van der Waals surface area contributed by atoms with E-state index in [4.69, 9.17) is 5.41 Å². The predicted octanol–water partition coefficient (Wildman–Crippen LogP) is 4.24. The molecule has 17 heavy (non-hydrogen) atoms. The minimum atomic E-state index is 0.170. The second kappa shape index (κ2) is 8.18. The Morgan fingerprint density at radius 3 is 2.82 bits per heavy atom. The fourth-order valence-electron chi connectivity index (χ4n) is 1.77. The standard InChI is InChI=1S/C14H21NOS/c1-2-3-4-5-6-13(15)10-14(16)9-12-7-8-17-11-12/h7-8,11,15H,2-6,9-10H2,1H3. The van der Waals surface area contributed by atoms with Gasteiger partial charge < -0.3 is 5.41 Å². The first-order chi connectivity index (χ1) is 8.22. The van der Waals surface area contributed by atoms with Crippen LogP contribution in [0.4, 0.5) is 0 Å². The predicted molar refractivity (Wildman–Crippen MR) is 74.1 cm³/mol. The summed E-state index contributed by atoms with van der Waals surface area (Å²) in [5, 5.41) is 11.8. The zero-order valence-corrected chi connectivity index (χ0v) is 11.3. The molecule has 0 saturated carbocycles. The van der Waals surface area contributed by atoms with E-state index in [0.717, 1.165) is 18.4 Å². The lowest BCUT2D eigenvalue weighted by atomic mass is 10.0. The lowest BCUT2D eigenvalue weighted by Gasteiger charge is -2.03. The molecule has 3 heteroatoms. The Bertz CT molecular complexity index is 343. The maximum atomic E-state index is 11.7. The summed E-state index contributed by atoms with van der Waals surface area (Å²) < 4.78 is 0. The number of unbranched alkanes of at least 4 members (excludes halogenated alkanes) is 3. The average Bonchev–Trinajstić information content (AvgIpc) is 2.77. The van der Waals surface area contributed by atoms with Crippen LogP contribution in [-0.4, -0.2) is 11.5 Å². The van der Waals surface area contributed by atoms with E-state index in [1.54, 1.807) is 11.3 Å². The lowest BCUT2D eigenvalue weighted by molar-refractivity contribution is -0.117. The summed E-state index contributed by atoms with van der Waals surface area (Å²) in [6.07, 6.45) is 6.29. The van der Waals surface area contributed by atoms with Gasteiger partial charge in [0.25, 0.3) is 0 Å². The molecule has 94 valence electrons. The second-order valence-electron chi connectivity index (χ2n) is 4.44. The molecule has 1 rings (SSSR count). The summed E-state index contributed by atoms with van der Waals surface area (Å²) in [6, 6.07) is 1.98. The van der Waals surface area contributed by atoms with Gasteiger partial charge in [-0.3, -0.25) is 4.79 Å². The molecule has 0 saturated heterocycles. The third-order valence-corrected chi connectivity index (χ3v) is 3.46. The van der Waals surface area contributed by atoms with Crippen LogP contribution < -0.4 is 0 Å². The highest BCUT2D eigenvalue weighted by molar-refractivity contribution is 7.08. The molecule has 0 spiro atoms. The molecule has 0 unspecified atom stereocenters. The van der Waals surface area contributed by atoms with Gasteiger partial charge in [0.15, 0.2) is 0 Å². The number of Topliss-reactive ketones (excluding diaryl/α,β-unsaturated/α-hetero) is 1. The minimum Gasteiger partial charge on any atom is -0.309 e. The number of ketones is 1. The normalized spacial score (nSPS) is 10.4. The van der Waals surface area contributed by atoms with Crippen LogP contribution in [0.15, 0.2) is 16.8 Å². The van der Waals surface area contributed by atoms with Crippen molar-refractivity contribution in [3.63, 3.8) is 0 Å². The summed E-state index contributed by atoms with van der Waals surface area (Å²) in [6.45, 7) is 2.18. The largest absolute Gasteiger partial charge is 0.309 e. The van der Waals surface area contributed by atoms with Crippen molar-refractivity contribution in [2.24, 2.45) is 0 Å². The Morgan fingerprint density at radius 1 is 1.35 bits per heavy atom. The van der Waals surface area contributed by atoms with Gasteiger partial charge in [-0.1, -0.05) is 26.2 Å². The van der Waals surface area contributed by atoms with Gasteiger partial charge in [-0.25, -0.2) is 0 Å². The van der Waals surface area contributed by atoms with Crippen LogP contribution in [0.1, 0.15) is 51.0 Å². The van der Waals surface area contributed by atoms with Gasteiger partial charge in [-0.15, -0.1) is 0 Å². The van der Waals surface area contributed by atoms with E-state index < -0.39 is 0 Å². The molecule has 0 aliphatic rings. The molecule has 1 aromatic rings. The van der Waals surface area contributed by atoms with Crippen molar-refractivity contribution in [1.29, 1.82) is 5.41 Å². The molecule has 0 aliphatic carbocycles. The van der Waals surface area contributed by atoms with Crippen molar-refractivity contribution in [1.82, 2.24) is 0 Å². The summed E-state index contributed by atoms with van der Waals surface area (Å²) in [5.74, 6) is 0.170. The van der Waals surface area contributed by atoms with E-state index in [0.29, 0.717) is 18.6 Å². The fourth-order valence-corrected chi connectivity index (χ4v) is 2.44. The van der Waals surface area contributed by atoms with E-state index in [9.17, 15) is 4.79 Å². The van der Waals surface area contributed by atoms with Crippen LogP contribution in [0.25, 0.3) is 0 Å². The summed E-state index contributed by atoms with van der Waals surface area (Å²) in [5.41, 5.74) is 1.68. The number of thiophene rings is 1. The van der Waals surface area contributed by atoms with Crippen molar-refractivity contribution in [3.8, 4) is 0 Å². The van der Waals surface area contributed by atoms with Crippen LogP contribution in [-0.2, 0) is 11.2 Å². The number of carbonyl (C=O) groups excluding carboxylic acids is 1. The van der Waals surface area contributed by atoms with Crippen LogP contribution in [0.2, 0.25) is 0 Å². The van der Waals surface area contributed by atoms with Crippen molar-refractivity contribution in [2.75, 3.05) is 0 Å². The molecule has 2 nitrogen and oxygen atoms in total. The van der Waals surface area contributed by atoms with Gasteiger partial charge in [-0.05, 0) is 35.2 Å². The van der Waals surface area contributed by atoms with Crippen LogP contribution in [0, 0.1) is 5.41 Å². The minimum absolute atomic E-state index is 0.170. The smallest absolute Gasteiger partial charge is 0.142 e. The maximum Gasteiger partial charge on any atom is 0.142 e. The van der Waals surface area contributed by atoms with Crippen molar-refractivity contribution in [2.45, 2.75) is 51.9 Å². The fraction of sp³-hybridized carbons (Fsp3) is 0.571. The van der Waals surface area contributed by atoms with Gasteiger partial charge in [0.1, 0.15) is 5.78 Å². The first-order valence-corrected chi connectivity index (χ1v) is 7.25. The van der Waals surface area contributed by atoms with Crippen molar-refractivity contribution < 1.29 is 4.79 Å².